The van der Waals surface area contributed by atoms with Crippen LogP contribution in [0.3, 0.4) is 0 Å². The van der Waals surface area contributed by atoms with Crippen molar-refractivity contribution in [3.8, 4) is 0 Å². The molecule has 6 heteroatoms. The number of carbonyl (C=O) groups is 3. The maximum atomic E-state index is 11.7. The van der Waals surface area contributed by atoms with Gasteiger partial charge in [-0.25, -0.2) is 0 Å². The van der Waals surface area contributed by atoms with Crippen molar-refractivity contribution >= 4 is 17.9 Å². The SMILES string of the molecule is CCCC(CC1(C(=O)O)CCCCC1C(=O)O)C(=O)O. The van der Waals surface area contributed by atoms with Crippen LogP contribution in [0.4, 0.5) is 0 Å². The molecule has 1 fully saturated rings. The molecule has 0 saturated heterocycles. The largest absolute Gasteiger partial charge is 0.481 e. The first kappa shape index (κ1) is 16.5. The maximum Gasteiger partial charge on any atom is 0.310 e. The van der Waals surface area contributed by atoms with Gasteiger partial charge in [-0.2, -0.15) is 0 Å². The zero-order valence-electron chi connectivity index (χ0n) is 11.7. The molecule has 3 N–H and O–H groups in total. The minimum absolute atomic E-state index is 0.0948. The zero-order chi connectivity index (χ0) is 15.3. The third-order valence-electron chi connectivity index (χ3n) is 4.35. The quantitative estimate of drug-likeness (QED) is 0.661. The Morgan fingerprint density at radius 2 is 1.85 bits per heavy atom. The lowest BCUT2D eigenvalue weighted by atomic mass is 9.62. The molecular weight excluding hydrogens is 264 g/mol. The van der Waals surface area contributed by atoms with Gasteiger partial charge in [0.05, 0.1) is 17.3 Å². The highest BCUT2D eigenvalue weighted by Crippen LogP contribution is 2.47. The number of carboxylic acid groups (broad SMARTS) is 3. The summed E-state index contributed by atoms with van der Waals surface area (Å²) in [6.45, 7) is 1.83. The number of carboxylic acids is 3. The standard InChI is InChI=1S/C14H22O6/c1-2-5-9(11(15)16)8-14(13(19)20)7-4-3-6-10(14)12(17)18/h9-10H,2-8H2,1H3,(H,15,16)(H,17,18)(H,19,20). The topological polar surface area (TPSA) is 112 Å². The van der Waals surface area contributed by atoms with Gasteiger partial charge in [-0.3, -0.25) is 14.4 Å². The van der Waals surface area contributed by atoms with Crippen LogP contribution in [-0.2, 0) is 14.4 Å². The lowest BCUT2D eigenvalue weighted by molar-refractivity contribution is -0.169. The summed E-state index contributed by atoms with van der Waals surface area (Å²) in [5, 5.41) is 28.1. The second kappa shape index (κ2) is 6.72. The van der Waals surface area contributed by atoms with Gasteiger partial charge in [-0.1, -0.05) is 26.2 Å². The molecule has 114 valence electrons. The van der Waals surface area contributed by atoms with Crippen molar-refractivity contribution in [2.45, 2.75) is 51.9 Å². The molecule has 0 spiro atoms. The number of rotatable bonds is 7. The lowest BCUT2D eigenvalue weighted by Gasteiger charge is -2.40. The Kier molecular flexibility index (Phi) is 5.53. The van der Waals surface area contributed by atoms with E-state index in [1.807, 2.05) is 6.92 Å². The van der Waals surface area contributed by atoms with Crippen molar-refractivity contribution < 1.29 is 29.7 Å². The van der Waals surface area contributed by atoms with Crippen molar-refractivity contribution in [1.82, 2.24) is 0 Å². The summed E-state index contributed by atoms with van der Waals surface area (Å²) in [5.74, 6) is -5.13. The summed E-state index contributed by atoms with van der Waals surface area (Å²) in [6.07, 6.45) is 2.77. The molecule has 20 heavy (non-hydrogen) atoms. The molecular formula is C14H22O6. The average molecular weight is 286 g/mol. The Hall–Kier alpha value is -1.59. The molecule has 0 amide bonds. The second-order valence-electron chi connectivity index (χ2n) is 5.63. The van der Waals surface area contributed by atoms with E-state index in [1.165, 1.54) is 0 Å². The zero-order valence-corrected chi connectivity index (χ0v) is 11.7. The Morgan fingerprint density at radius 3 is 2.30 bits per heavy atom. The van der Waals surface area contributed by atoms with Crippen molar-refractivity contribution in [1.29, 1.82) is 0 Å². The van der Waals surface area contributed by atoms with Crippen molar-refractivity contribution in [2.24, 2.45) is 17.3 Å². The molecule has 6 nitrogen and oxygen atoms in total. The summed E-state index contributed by atoms with van der Waals surface area (Å²) in [7, 11) is 0. The van der Waals surface area contributed by atoms with Gasteiger partial charge in [0.15, 0.2) is 0 Å². The van der Waals surface area contributed by atoms with Crippen LogP contribution in [0.15, 0.2) is 0 Å². The van der Waals surface area contributed by atoms with Crippen molar-refractivity contribution in [3.63, 3.8) is 0 Å². The number of hydrogen-bond donors (Lipinski definition) is 3. The minimum Gasteiger partial charge on any atom is -0.481 e. The molecule has 3 unspecified atom stereocenters. The van der Waals surface area contributed by atoms with Crippen LogP contribution in [0.25, 0.3) is 0 Å². The van der Waals surface area contributed by atoms with Gasteiger partial charge in [0.2, 0.25) is 0 Å². The van der Waals surface area contributed by atoms with E-state index in [4.69, 9.17) is 0 Å². The highest BCUT2D eigenvalue weighted by atomic mass is 16.4. The normalized spacial score (nSPS) is 27.8. The van der Waals surface area contributed by atoms with Crippen LogP contribution < -0.4 is 0 Å². The van der Waals surface area contributed by atoms with E-state index < -0.39 is 35.2 Å². The lowest BCUT2D eigenvalue weighted by Crippen LogP contribution is -2.46. The third-order valence-corrected chi connectivity index (χ3v) is 4.35. The molecule has 0 bridgehead atoms. The second-order valence-corrected chi connectivity index (χ2v) is 5.63. The van der Waals surface area contributed by atoms with Crippen LogP contribution in [0.1, 0.15) is 51.9 Å². The predicted octanol–water partition coefficient (Wildman–Crippen LogP) is 2.22. The Morgan fingerprint density at radius 1 is 1.20 bits per heavy atom. The van der Waals surface area contributed by atoms with E-state index in [0.29, 0.717) is 32.1 Å². The van der Waals surface area contributed by atoms with Crippen LogP contribution in [0.5, 0.6) is 0 Å². The van der Waals surface area contributed by atoms with Crippen molar-refractivity contribution in [2.75, 3.05) is 0 Å². The van der Waals surface area contributed by atoms with E-state index >= 15 is 0 Å². The molecule has 0 aromatic rings. The first-order chi connectivity index (χ1) is 9.35. The van der Waals surface area contributed by atoms with Gasteiger partial charge in [0.1, 0.15) is 0 Å². The highest BCUT2D eigenvalue weighted by molar-refractivity contribution is 5.84. The van der Waals surface area contributed by atoms with Gasteiger partial charge < -0.3 is 15.3 Å². The summed E-state index contributed by atoms with van der Waals surface area (Å²) < 4.78 is 0. The van der Waals surface area contributed by atoms with Gasteiger partial charge in [0, 0.05) is 0 Å². The van der Waals surface area contributed by atoms with Crippen LogP contribution >= 0.6 is 0 Å². The van der Waals surface area contributed by atoms with Gasteiger partial charge in [-0.05, 0) is 25.7 Å². The van der Waals surface area contributed by atoms with E-state index in [2.05, 4.69) is 0 Å². The first-order valence-electron chi connectivity index (χ1n) is 7.04. The van der Waals surface area contributed by atoms with E-state index in [1.54, 1.807) is 0 Å². The monoisotopic (exact) mass is 286 g/mol. The minimum atomic E-state index is -1.44. The Balaban J connectivity index is 3.08. The number of hydrogen-bond acceptors (Lipinski definition) is 3. The molecule has 1 aliphatic carbocycles. The molecule has 1 saturated carbocycles. The Labute approximate surface area is 117 Å². The fourth-order valence-corrected chi connectivity index (χ4v) is 3.29. The Bertz CT molecular complexity index is 391. The number of aliphatic carboxylic acids is 3. The molecule has 0 radical (unpaired) electrons. The van der Waals surface area contributed by atoms with E-state index in [-0.39, 0.29) is 12.8 Å². The molecule has 0 aromatic carbocycles. The average Bonchev–Trinajstić information content (AvgIpc) is 2.38. The fourth-order valence-electron chi connectivity index (χ4n) is 3.29. The highest BCUT2D eigenvalue weighted by Gasteiger charge is 2.52. The smallest absolute Gasteiger partial charge is 0.310 e. The third kappa shape index (κ3) is 3.29. The van der Waals surface area contributed by atoms with Crippen molar-refractivity contribution in [3.05, 3.63) is 0 Å². The van der Waals surface area contributed by atoms with Crippen LogP contribution in [0.2, 0.25) is 0 Å². The van der Waals surface area contributed by atoms with Crippen LogP contribution in [-0.4, -0.2) is 33.2 Å². The molecule has 1 rings (SSSR count). The van der Waals surface area contributed by atoms with Gasteiger partial charge >= 0.3 is 17.9 Å². The molecule has 0 aromatic heterocycles. The van der Waals surface area contributed by atoms with Crippen LogP contribution in [0, 0.1) is 17.3 Å². The molecule has 1 aliphatic rings. The van der Waals surface area contributed by atoms with Gasteiger partial charge in [-0.15, -0.1) is 0 Å². The predicted molar refractivity (Wildman–Crippen MR) is 70.3 cm³/mol. The maximum absolute atomic E-state index is 11.7. The van der Waals surface area contributed by atoms with E-state index in [9.17, 15) is 29.7 Å². The summed E-state index contributed by atoms with van der Waals surface area (Å²) >= 11 is 0. The first-order valence-corrected chi connectivity index (χ1v) is 7.04. The molecule has 0 aliphatic heterocycles. The van der Waals surface area contributed by atoms with Gasteiger partial charge in [0.25, 0.3) is 0 Å². The molecule has 3 atom stereocenters. The summed E-state index contributed by atoms with van der Waals surface area (Å²) in [4.78, 5) is 34.3. The summed E-state index contributed by atoms with van der Waals surface area (Å²) in [6, 6.07) is 0. The fraction of sp³-hybridized carbons (Fsp3) is 0.786. The molecule has 0 heterocycles. The van der Waals surface area contributed by atoms with E-state index in [0.717, 1.165) is 0 Å². The summed E-state index contributed by atoms with van der Waals surface area (Å²) in [5.41, 5.74) is -1.44.